The number of hydrogen-bond acceptors (Lipinski definition) is 2. The molecule has 0 heterocycles. The smallest absolute Gasteiger partial charge is 0.320 e. The van der Waals surface area contributed by atoms with Gasteiger partial charge >= 0.3 is 5.97 Å². The maximum atomic E-state index is 11.3. The van der Waals surface area contributed by atoms with Crippen molar-refractivity contribution in [2.75, 3.05) is 13.1 Å². The summed E-state index contributed by atoms with van der Waals surface area (Å²) in [6.45, 7) is 8.21. The Morgan fingerprint density at radius 1 is 0.708 bits per heavy atom. The zero-order chi connectivity index (χ0) is 18.0. The van der Waals surface area contributed by atoms with Gasteiger partial charge in [-0.2, -0.15) is 0 Å². The second-order valence-electron chi connectivity index (χ2n) is 7.29. The molecule has 0 aromatic carbocycles. The van der Waals surface area contributed by atoms with E-state index in [-0.39, 0.29) is 6.04 Å². The van der Waals surface area contributed by atoms with Crippen LogP contribution in [0.1, 0.15) is 111 Å². The van der Waals surface area contributed by atoms with Gasteiger partial charge in [-0.15, -0.1) is 0 Å². The summed E-state index contributed by atoms with van der Waals surface area (Å²) in [5, 5.41) is 9.31. The van der Waals surface area contributed by atoms with Gasteiger partial charge in [-0.25, -0.2) is 0 Å². The topological polar surface area (TPSA) is 40.5 Å². The third-order valence-electron chi connectivity index (χ3n) is 5.00. The largest absolute Gasteiger partial charge is 0.480 e. The van der Waals surface area contributed by atoms with Crippen LogP contribution in [0.25, 0.3) is 0 Å². The van der Waals surface area contributed by atoms with E-state index in [1.54, 1.807) is 0 Å². The van der Waals surface area contributed by atoms with Gasteiger partial charge in [0.05, 0.1) is 0 Å². The van der Waals surface area contributed by atoms with E-state index in [9.17, 15) is 9.90 Å². The molecule has 0 spiro atoms. The molecule has 0 aliphatic rings. The second-order valence-corrected chi connectivity index (χ2v) is 7.29. The molecule has 24 heavy (non-hydrogen) atoms. The Kier molecular flexibility index (Phi) is 16.8. The maximum Gasteiger partial charge on any atom is 0.320 e. The highest BCUT2D eigenvalue weighted by Crippen LogP contribution is 2.12. The van der Waals surface area contributed by atoms with E-state index < -0.39 is 5.97 Å². The molecular weight excluding hydrogens is 298 g/mol. The van der Waals surface area contributed by atoms with Crippen LogP contribution < -0.4 is 0 Å². The van der Waals surface area contributed by atoms with Crippen molar-refractivity contribution in [2.24, 2.45) is 0 Å². The van der Waals surface area contributed by atoms with E-state index >= 15 is 0 Å². The predicted octanol–water partition coefficient (Wildman–Crippen LogP) is 6.26. The maximum absolute atomic E-state index is 11.3. The van der Waals surface area contributed by atoms with E-state index in [0.29, 0.717) is 0 Å². The Balaban J connectivity index is 3.84. The fourth-order valence-electron chi connectivity index (χ4n) is 3.20. The van der Waals surface area contributed by atoms with Crippen LogP contribution in [0.4, 0.5) is 0 Å². The summed E-state index contributed by atoms with van der Waals surface area (Å²) in [5.74, 6) is -0.680. The van der Waals surface area contributed by atoms with Gasteiger partial charge in [-0.3, -0.25) is 9.69 Å². The average molecular weight is 342 g/mol. The lowest BCUT2D eigenvalue weighted by atomic mass is 10.1. The molecule has 0 radical (unpaired) electrons. The minimum Gasteiger partial charge on any atom is -0.480 e. The minimum absolute atomic E-state index is 0.342. The monoisotopic (exact) mass is 341 g/mol. The number of hydrogen-bond donors (Lipinski definition) is 1. The number of nitrogens with zero attached hydrogens (tertiary/aromatic N) is 1. The second kappa shape index (κ2) is 17.3. The van der Waals surface area contributed by atoms with Crippen LogP contribution in [-0.2, 0) is 4.79 Å². The molecule has 0 aromatic rings. The molecule has 1 N–H and O–H groups in total. The fraction of sp³-hybridized carbons (Fsp3) is 0.952. The van der Waals surface area contributed by atoms with Crippen molar-refractivity contribution >= 4 is 5.97 Å². The van der Waals surface area contributed by atoms with Crippen molar-refractivity contribution in [2.45, 2.75) is 117 Å². The Hall–Kier alpha value is -0.570. The first-order valence-corrected chi connectivity index (χ1v) is 10.6. The van der Waals surface area contributed by atoms with Crippen molar-refractivity contribution in [1.29, 1.82) is 0 Å². The van der Waals surface area contributed by atoms with Crippen LogP contribution in [0.3, 0.4) is 0 Å². The summed E-state index contributed by atoms with van der Waals surface area (Å²) in [6.07, 6.45) is 18.0. The highest BCUT2D eigenvalue weighted by atomic mass is 16.4. The minimum atomic E-state index is -0.680. The molecule has 0 aliphatic heterocycles. The van der Waals surface area contributed by atoms with E-state index in [0.717, 1.165) is 25.9 Å². The Labute approximate surface area is 151 Å². The van der Waals surface area contributed by atoms with E-state index in [1.165, 1.54) is 77.0 Å². The van der Waals surface area contributed by atoms with Crippen molar-refractivity contribution in [3.8, 4) is 0 Å². The van der Waals surface area contributed by atoms with Crippen LogP contribution >= 0.6 is 0 Å². The normalized spacial score (nSPS) is 12.7. The Morgan fingerprint density at radius 3 is 1.38 bits per heavy atom. The van der Waals surface area contributed by atoms with Gasteiger partial charge in [-0.05, 0) is 32.9 Å². The third kappa shape index (κ3) is 13.8. The molecule has 0 fully saturated rings. The summed E-state index contributed by atoms with van der Waals surface area (Å²) >= 11 is 0. The highest BCUT2D eigenvalue weighted by Gasteiger charge is 2.19. The predicted molar refractivity (Wildman–Crippen MR) is 105 cm³/mol. The first kappa shape index (κ1) is 23.4. The van der Waals surface area contributed by atoms with Crippen molar-refractivity contribution in [1.82, 2.24) is 4.90 Å². The van der Waals surface area contributed by atoms with Gasteiger partial charge in [0.2, 0.25) is 0 Å². The number of aliphatic carboxylic acids is 1. The van der Waals surface area contributed by atoms with Gasteiger partial charge < -0.3 is 5.11 Å². The summed E-state index contributed by atoms with van der Waals surface area (Å²) in [5.41, 5.74) is 0. The fourth-order valence-corrected chi connectivity index (χ4v) is 3.20. The van der Waals surface area contributed by atoms with Gasteiger partial charge in [0, 0.05) is 0 Å². The third-order valence-corrected chi connectivity index (χ3v) is 5.00. The molecule has 1 atom stereocenters. The summed E-state index contributed by atoms with van der Waals surface area (Å²) < 4.78 is 0. The Bertz CT molecular complexity index is 263. The lowest BCUT2D eigenvalue weighted by molar-refractivity contribution is -0.142. The number of rotatable bonds is 18. The number of carbonyl (C=O) groups is 1. The van der Waals surface area contributed by atoms with Gasteiger partial charge in [0.15, 0.2) is 0 Å². The molecular formula is C21H43NO2. The quantitative estimate of drug-likeness (QED) is 0.299. The Morgan fingerprint density at radius 2 is 1.04 bits per heavy atom. The van der Waals surface area contributed by atoms with Crippen molar-refractivity contribution < 1.29 is 9.90 Å². The zero-order valence-electron chi connectivity index (χ0n) is 16.7. The molecule has 0 unspecified atom stereocenters. The molecule has 0 aromatic heterocycles. The van der Waals surface area contributed by atoms with Crippen LogP contribution in [0.2, 0.25) is 0 Å². The molecule has 144 valence electrons. The molecule has 0 bridgehead atoms. The van der Waals surface area contributed by atoms with Crippen LogP contribution in [-0.4, -0.2) is 35.1 Å². The molecule has 0 amide bonds. The van der Waals surface area contributed by atoms with Crippen molar-refractivity contribution in [3.05, 3.63) is 0 Å². The molecule has 3 heteroatoms. The van der Waals surface area contributed by atoms with Gasteiger partial charge in [0.1, 0.15) is 6.04 Å². The SMILES string of the molecule is CCCCCCCCCN(CCCCCCCCC)[C@@H](C)C(=O)O. The molecule has 0 aliphatic carbocycles. The first-order valence-electron chi connectivity index (χ1n) is 10.6. The summed E-state index contributed by atoms with van der Waals surface area (Å²) in [4.78, 5) is 13.5. The number of carboxylic acids is 1. The molecule has 0 rings (SSSR count). The average Bonchev–Trinajstić information content (AvgIpc) is 2.57. The van der Waals surface area contributed by atoms with E-state index in [1.807, 2.05) is 6.92 Å². The van der Waals surface area contributed by atoms with Crippen LogP contribution in [0, 0.1) is 0 Å². The lowest BCUT2D eigenvalue weighted by Gasteiger charge is -2.26. The number of carboxylic acid groups (broad SMARTS) is 1. The number of unbranched alkanes of at least 4 members (excludes halogenated alkanes) is 12. The summed E-state index contributed by atoms with van der Waals surface area (Å²) in [6, 6.07) is -0.342. The molecule has 0 saturated carbocycles. The van der Waals surface area contributed by atoms with Crippen LogP contribution in [0.5, 0.6) is 0 Å². The summed E-state index contributed by atoms with van der Waals surface area (Å²) in [7, 11) is 0. The highest BCUT2D eigenvalue weighted by molar-refractivity contribution is 5.72. The zero-order valence-corrected chi connectivity index (χ0v) is 16.7. The van der Waals surface area contributed by atoms with Gasteiger partial charge in [0.25, 0.3) is 0 Å². The molecule has 3 nitrogen and oxygen atoms in total. The first-order chi connectivity index (χ1) is 11.6. The van der Waals surface area contributed by atoms with Gasteiger partial charge in [-0.1, -0.05) is 90.9 Å². The van der Waals surface area contributed by atoms with E-state index in [2.05, 4.69) is 18.7 Å². The molecule has 0 saturated heterocycles. The van der Waals surface area contributed by atoms with Crippen LogP contribution in [0.15, 0.2) is 0 Å². The standard InChI is InChI=1S/C21H43NO2/c1-4-6-8-10-12-14-16-18-22(20(3)21(23)24)19-17-15-13-11-9-7-5-2/h20H,4-19H2,1-3H3,(H,23,24)/t20-/m0/s1. The van der Waals surface area contributed by atoms with Crippen molar-refractivity contribution in [3.63, 3.8) is 0 Å². The van der Waals surface area contributed by atoms with E-state index in [4.69, 9.17) is 0 Å². The lowest BCUT2D eigenvalue weighted by Crippen LogP contribution is -2.40.